The fraction of sp³-hybridized carbons (Fsp3) is 0.150. The molecule has 126 valence electrons. The van der Waals surface area contributed by atoms with Crippen molar-refractivity contribution in [1.29, 1.82) is 5.41 Å². The smallest absolute Gasteiger partial charge is 0.303 e. The minimum atomic E-state index is -0.834. The molecule has 1 heterocycles. The van der Waals surface area contributed by atoms with Gasteiger partial charge >= 0.3 is 5.97 Å². The Kier molecular flexibility index (Phi) is 5.04. The van der Waals surface area contributed by atoms with Crippen LogP contribution < -0.4 is 5.49 Å². The number of benzene rings is 2. The molecule has 0 unspecified atom stereocenters. The molecule has 0 radical (unpaired) electrons. The average Bonchev–Trinajstić information content (AvgIpc) is 2.64. The maximum Gasteiger partial charge on any atom is 0.303 e. The van der Waals surface area contributed by atoms with E-state index in [1.807, 2.05) is 36.4 Å². The molecule has 1 aromatic heterocycles. The van der Waals surface area contributed by atoms with Crippen molar-refractivity contribution in [2.24, 2.45) is 0 Å². The predicted octanol–water partition coefficient (Wildman–Crippen LogP) is 3.56. The van der Waals surface area contributed by atoms with Gasteiger partial charge in [0.2, 0.25) is 0 Å². The second-order valence-electron chi connectivity index (χ2n) is 5.77. The number of rotatable bonds is 6. The van der Waals surface area contributed by atoms with Gasteiger partial charge < -0.3 is 5.11 Å². The largest absolute Gasteiger partial charge is 0.481 e. The number of carbonyl (C=O) groups is 1. The Hall–Kier alpha value is -3.21. The highest BCUT2D eigenvalue weighted by Crippen LogP contribution is 2.23. The van der Waals surface area contributed by atoms with Crippen LogP contribution in [0.4, 0.5) is 0 Å². The van der Waals surface area contributed by atoms with Crippen LogP contribution in [-0.4, -0.2) is 20.9 Å². The molecular weight excluding hydrogens is 314 g/mol. The second kappa shape index (κ2) is 7.57. The fourth-order valence-electron chi connectivity index (χ4n) is 2.63. The molecule has 0 aliphatic heterocycles. The number of aryl methyl sites for hydroxylation is 1. The monoisotopic (exact) mass is 333 g/mol. The minimum Gasteiger partial charge on any atom is -0.481 e. The summed E-state index contributed by atoms with van der Waals surface area (Å²) >= 11 is 0. The van der Waals surface area contributed by atoms with E-state index in [4.69, 9.17) is 10.5 Å². The van der Waals surface area contributed by atoms with Crippen LogP contribution in [0.1, 0.15) is 12.8 Å². The summed E-state index contributed by atoms with van der Waals surface area (Å²) in [5, 5.41) is 21.1. The lowest BCUT2D eigenvalue weighted by Gasteiger charge is -2.09. The molecule has 0 fully saturated rings. The van der Waals surface area contributed by atoms with Crippen molar-refractivity contribution in [2.75, 3.05) is 0 Å². The third kappa shape index (κ3) is 4.20. The topological polar surface area (TPSA) is 79.0 Å². The van der Waals surface area contributed by atoms with Gasteiger partial charge in [0, 0.05) is 18.5 Å². The zero-order valence-corrected chi connectivity index (χ0v) is 13.7. The van der Waals surface area contributed by atoms with E-state index in [0.717, 1.165) is 22.4 Å². The van der Waals surface area contributed by atoms with Gasteiger partial charge in [0.25, 0.3) is 0 Å². The van der Waals surface area contributed by atoms with Crippen LogP contribution in [0.2, 0.25) is 0 Å². The van der Waals surface area contributed by atoms with E-state index >= 15 is 0 Å². The SMILES string of the molecule is N=c1ccc(-c2ccc(-c3ccccc3)cc2)nn1CCCC(=O)O. The molecule has 0 spiro atoms. The van der Waals surface area contributed by atoms with E-state index < -0.39 is 5.97 Å². The first-order valence-electron chi connectivity index (χ1n) is 8.14. The number of aromatic nitrogens is 2. The molecule has 0 aliphatic rings. The van der Waals surface area contributed by atoms with Crippen LogP contribution in [0.3, 0.4) is 0 Å². The Morgan fingerprint density at radius 2 is 1.56 bits per heavy atom. The number of hydrogen-bond acceptors (Lipinski definition) is 3. The normalized spacial score (nSPS) is 10.6. The van der Waals surface area contributed by atoms with Crippen molar-refractivity contribution < 1.29 is 9.90 Å². The lowest BCUT2D eigenvalue weighted by Crippen LogP contribution is -2.22. The van der Waals surface area contributed by atoms with Gasteiger partial charge in [-0.3, -0.25) is 10.2 Å². The summed E-state index contributed by atoms with van der Waals surface area (Å²) in [7, 11) is 0. The molecule has 2 N–H and O–H groups in total. The quantitative estimate of drug-likeness (QED) is 0.724. The van der Waals surface area contributed by atoms with Crippen LogP contribution in [-0.2, 0) is 11.3 Å². The van der Waals surface area contributed by atoms with E-state index in [1.165, 1.54) is 0 Å². The van der Waals surface area contributed by atoms with Crippen LogP contribution in [0.15, 0.2) is 66.7 Å². The van der Waals surface area contributed by atoms with Gasteiger partial charge in [0.1, 0.15) is 5.49 Å². The number of hydrogen-bond donors (Lipinski definition) is 2. The zero-order valence-electron chi connectivity index (χ0n) is 13.7. The molecule has 0 bridgehead atoms. The van der Waals surface area contributed by atoms with E-state index in [2.05, 4.69) is 29.4 Å². The van der Waals surface area contributed by atoms with Gasteiger partial charge in [-0.2, -0.15) is 5.10 Å². The first kappa shape index (κ1) is 16.6. The van der Waals surface area contributed by atoms with Crippen LogP contribution >= 0.6 is 0 Å². The van der Waals surface area contributed by atoms with Crippen LogP contribution in [0.5, 0.6) is 0 Å². The summed E-state index contributed by atoms with van der Waals surface area (Å²) in [6.45, 7) is 0.418. The fourth-order valence-corrected chi connectivity index (χ4v) is 2.63. The Labute approximate surface area is 145 Å². The molecular formula is C20H19N3O2. The molecule has 0 amide bonds. The van der Waals surface area contributed by atoms with Gasteiger partial charge in [-0.1, -0.05) is 54.6 Å². The average molecular weight is 333 g/mol. The highest BCUT2D eigenvalue weighted by molar-refractivity contribution is 5.68. The number of nitrogens with one attached hydrogen (secondary N) is 1. The summed E-state index contributed by atoms with van der Waals surface area (Å²) in [6, 6.07) is 21.8. The minimum absolute atomic E-state index is 0.0735. The van der Waals surface area contributed by atoms with Crippen molar-refractivity contribution in [2.45, 2.75) is 19.4 Å². The standard InChI is InChI=1S/C20H19N3O2/c21-19-13-12-18(22-23(19)14-4-7-20(24)25)17-10-8-16(9-11-17)15-5-2-1-3-6-15/h1-3,5-6,8-13,21H,4,7,14H2,(H,24,25). The van der Waals surface area contributed by atoms with E-state index in [1.54, 1.807) is 10.7 Å². The van der Waals surface area contributed by atoms with Crippen molar-refractivity contribution in [1.82, 2.24) is 9.78 Å². The lowest BCUT2D eigenvalue weighted by atomic mass is 10.0. The van der Waals surface area contributed by atoms with Crippen molar-refractivity contribution >= 4 is 5.97 Å². The van der Waals surface area contributed by atoms with Gasteiger partial charge in [-0.15, -0.1) is 0 Å². The number of aliphatic carboxylic acids is 1. The Morgan fingerprint density at radius 1 is 0.920 bits per heavy atom. The summed E-state index contributed by atoms with van der Waals surface area (Å²) in [6.07, 6.45) is 0.527. The second-order valence-corrected chi connectivity index (χ2v) is 5.77. The van der Waals surface area contributed by atoms with Crippen molar-refractivity contribution in [3.63, 3.8) is 0 Å². The highest BCUT2D eigenvalue weighted by atomic mass is 16.4. The highest BCUT2D eigenvalue weighted by Gasteiger charge is 2.04. The summed E-state index contributed by atoms with van der Waals surface area (Å²) in [5.74, 6) is -0.834. The third-order valence-electron chi connectivity index (χ3n) is 3.95. The molecule has 2 aromatic carbocycles. The predicted molar refractivity (Wildman–Crippen MR) is 95.8 cm³/mol. The first-order chi connectivity index (χ1) is 12.1. The van der Waals surface area contributed by atoms with Crippen molar-refractivity contribution in [3.05, 3.63) is 72.2 Å². The van der Waals surface area contributed by atoms with E-state index in [0.29, 0.717) is 13.0 Å². The van der Waals surface area contributed by atoms with Gasteiger partial charge in [0.15, 0.2) is 0 Å². The summed E-state index contributed by atoms with van der Waals surface area (Å²) in [5.41, 5.74) is 4.30. The molecule has 0 atom stereocenters. The Bertz CT molecular complexity index is 916. The Balaban J connectivity index is 1.82. The summed E-state index contributed by atoms with van der Waals surface area (Å²) in [4.78, 5) is 10.6. The molecule has 5 nitrogen and oxygen atoms in total. The maximum absolute atomic E-state index is 10.6. The van der Waals surface area contributed by atoms with Gasteiger partial charge in [-0.05, 0) is 29.7 Å². The number of nitrogens with zero attached hydrogens (tertiary/aromatic N) is 2. The molecule has 0 saturated carbocycles. The van der Waals surface area contributed by atoms with Crippen LogP contribution in [0.25, 0.3) is 22.4 Å². The van der Waals surface area contributed by atoms with E-state index in [9.17, 15) is 4.79 Å². The molecule has 3 rings (SSSR count). The van der Waals surface area contributed by atoms with Crippen molar-refractivity contribution in [3.8, 4) is 22.4 Å². The van der Waals surface area contributed by atoms with E-state index in [-0.39, 0.29) is 11.9 Å². The zero-order chi connectivity index (χ0) is 17.6. The molecule has 25 heavy (non-hydrogen) atoms. The third-order valence-corrected chi connectivity index (χ3v) is 3.95. The Morgan fingerprint density at radius 3 is 2.24 bits per heavy atom. The molecule has 0 aliphatic carbocycles. The maximum atomic E-state index is 10.6. The summed E-state index contributed by atoms with van der Waals surface area (Å²) < 4.78 is 1.55. The van der Waals surface area contributed by atoms with Crippen LogP contribution in [0, 0.1) is 5.41 Å². The molecule has 3 aromatic rings. The molecule has 5 heteroatoms. The first-order valence-corrected chi connectivity index (χ1v) is 8.14. The number of carboxylic acid groups (broad SMARTS) is 1. The van der Waals surface area contributed by atoms with Gasteiger partial charge in [-0.25, -0.2) is 4.68 Å². The number of carboxylic acids is 1. The van der Waals surface area contributed by atoms with Gasteiger partial charge in [0.05, 0.1) is 5.69 Å². The lowest BCUT2D eigenvalue weighted by molar-refractivity contribution is -0.137. The molecule has 0 saturated heterocycles.